The Morgan fingerprint density at radius 1 is 1.62 bits per heavy atom. The van der Waals surface area contributed by atoms with Crippen molar-refractivity contribution in [2.24, 2.45) is 0 Å². The summed E-state index contributed by atoms with van der Waals surface area (Å²) in [5, 5.41) is 17.4. The minimum Gasteiger partial charge on any atom is -0.458 e. The first-order valence-corrected chi connectivity index (χ1v) is 4.14. The highest BCUT2D eigenvalue weighted by Crippen LogP contribution is 2.10. The van der Waals surface area contributed by atoms with Crippen LogP contribution in [0.15, 0.2) is 0 Å². The van der Waals surface area contributed by atoms with Gasteiger partial charge in [-0.15, -0.1) is 0 Å². The smallest absolute Gasteiger partial charge is 0.335 e. The number of esters is 1. The van der Waals surface area contributed by atoms with Gasteiger partial charge in [-0.3, -0.25) is 0 Å². The lowest BCUT2D eigenvalue weighted by Gasteiger charge is -2.21. The van der Waals surface area contributed by atoms with Crippen molar-refractivity contribution in [1.82, 2.24) is 0 Å². The van der Waals surface area contributed by atoms with Crippen molar-refractivity contribution in [2.45, 2.75) is 45.3 Å². The normalized spacial score (nSPS) is 13.2. The first-order valence-electron chi connectivity index (χ1n) is 4.14. The first kappa shape index (κ1) is 11.9. The van der Waals surface area contributed by atoms with Crippen LogP contribution in [0.25, 0.3) is 0 Å². The average molecular weight is 185 g/mol. The van der Waals surface area contributed by atoms with E-state index in [1.54, 1.807) is 20.8 Å². The summed E-state index contributed by atoms with van der Waals surface area (Å²) < 4.78 is 4.90. The average Bonchev–Trinajstić information content (AvgIpc) is 1.96. The SMILES string of the molecule is CC(C)(C)OC(=O)[C@H](O)CCC#N. The van der Waals surface area contributed by atoms with Crippen molar-refractivity contribution >= 4 is 5.97 Å². The summed E-state index contributed by atoms with van der Waals surface area (Å²) in [7, 11) is 0. The highest BCUT2D eigenvalue weighted by molar-refractivity contribution is 5.74. The van der Waals surface area contributed by atoms with Gasteiger partial charge in [-0.25, -0.2) is 4.79 Å². The molecule has 0 spiro atoms. The van der Waals surface area contributed by atoms with E-state index in [0.29, 0.717) is 0 Å². The molecule has 13 heavy (non-hydrogen) atoms. The number of nitrogens with zero attached hydrogens (tertiary/aromatic N) is 1. The second-order valence-corrected chi connectivity index (χ2v) is 3.75. The van der Waals surface area contributed by atoms with E-state index in [9.17, 15) is 9.90 Å². The third-order valence-corrected chi connectivity index (χ3v) is 1.21. The second-order valence-electron chi connectivity index (χ2n) is 3.75. The van der Waals surface area contributed by atoms with Gasteiger partial charge in [-0.1, -0.05) is 0 Å². The van der Waals surface area contributed by atoms with Crippen molar-refractivity contribution in [1.29, 1.82) is 5.26 Å². The summed E-state index contributed by atoms with van der Waals surface area (Å²) in [5.74, 6) is -0.664. The largest absolute Gasteiger partial charge is 0.458 e. The molecule has 0 bridgehead atoms. The van der Waals surface area contributed by atoms with Crippen molar-refractivity contribution in [3.8, 4) is 6.07 Å². The molecule has 0 fully saturated rings. The lowest BCUT2D eigenvalue weighted by Crippen LogP contribution is -2.31. The van der Waals surface area contributed by atoms with Gasteiger partial charge in [0.05, 0.1) is 6.07 Å². The summed E-state index contributed by atoms with van der Waals surface area (Å²) in [6, 6.07) is 1.85. The molecule has 0 aliphatic rings. The lowest BCUT2D eigenvalue weighted by molar-refractivity contribution is -0.165. The maximum absolute atomic E-state index is 11.1. The third kappa shape index (κ3) is 6.12. The summed E-state index contributed by atoms with van der Waals surface area (Å²) in [4.78, 5) is 11.1. The number of aliphatic hydroxyl groups excluding tert-OH is 1. The second kappa shape index (κ2) is 4.83. The molecule has 0 heterocycles. The maximum Gasteiger partial charge on any atom is 0.335 e. The van der Waals surface area contributed by atoms with E-state index in [-0.39, 0.29) is 12.8 Å². The molecular weight excluding hydrogens is 170 g/mol. The minimum atomic E-state index is -1.18. The van der Waals surface area contributed by atoms with Crippen LogP contribution in [0.4, 0.5) is 0 Å². The maximum atomic E-state index is 11.1. The van der Waals surface area contributed by atoms with Crippen molar-refractivity contribution in [2.75, 3.05) is 0 Å². The molecule has 1 N–H and O–H groups in total. The quantitative estimate of drug-likeness (QED) is 0.666. The molecule has 1 atom stereocenters. The molecule has 0 saturated heterocycles. The molecule has 4 heteroatoms. The molecule has 0 aliphatic carbocycles. The van der Waals surface area contributed by atoms with Gasteiger partial charge in [0.15, 0.2) is 6.10 Å². The topological polar surface area (TPSA) is 70.3 Å². The van der Waals surface area contributed by atoms with Crippen LogP contribution in [0, 0.1) is 11.3 Å². The number of nitriles is 1. The number of hydrogen-bond donors (Lipinski definition) is 1. The summed E-state index contributed by atoms with van der Waals surface area (Å²) >= 11 is 0. The fourth-order valence-corrected chi connectivity index (χ4v) is 0.689. The van der Waals surface area contributed by atoms with Crippen LogP contribution < -0.4 is 0 Å². The van der Waals surface area contributed by atoms with E-state index in [1.807, 2.05) is 6.07 Å². The van der Waals surface area contributed by atoms with Crippen LogP contribution in [0.5, 0.6) is 0 Å². The Bertz CT molecular complexity index is 212. The molecule has 0 aromatic heterocycles. The third-order valence-electron chi connectivity index (χ3n) is 1.21. The zero-order valence-corrected chi connectivity index (χ0v) is 8.20. The molecule has 0 amide bonds. The highest BCUT2D eigenvalue weighted by atomic mass is 16.6. The first-order chi connectivity index (χ1) is 5.87. The molecule has 4 nitrogen and oxygen atoms in total. The van der Waals surface area contributed by atoms with E-state index >= 15 is 0 Å². The van der Waals surface area contributed by atoms with Crippen molar-refractivity contribution in [3.05, 3.63) is 0 Å². The van der Waals surface area contributed by atoms with Gasteiger partial charge < -0.3 is 9.84 Å². The number of aliphatic hydroxyl groups is 1. The minimum absolute atomic E-state index is 0.130. The van der Waals surface area contributed by atoms with Gasteiger partial charge in [-0.2, -0.15) is 5.26 Å². The molecule has 0 unspecified atom stereocenters. The summed E-state index contributed by atoms with van der Waals surface area (Å²) in [6.45, 7) is 5.17. The van der Waals surface area contributed by atoms with E-state index < -0.39 is 17.7 Å². The van der Waals surface area contributed by atoms with Crippen LogP contribution in [0.1, 0.15) is 33.6 Å². The van der Waals surface area contributed by atoms with Crippen LogP contribution in [0.3, 0.4) is 0 Å². The van der Waals surface area contributed by atoms with E-state index in [0.717, 1.165) is 0 Å². The van der Waals surface area contributed by atoms with E-state index in [1.165, 1.54) is 0 Å². The number of hydrogen-bond acceptors (Lipinski definition) is 4. The van der Waals surface area contributed by atoms with Gasteiger partial charge in [0.1, 0.15) is 5.60 Å². The number of carbonyl (C=O) groups excluding carboxylic acids is 1. The zero-order chi connectivity index (χ0) is 10.5. The molecule has 74 valence electrons. The number of rotatable bonds is 3. The molecular formula is C9H15NO3. The van der Waals surface area contributed by atoms with Crippen LogP contribution in [0.2, 0.25) is 0 Å². The fourth-order valence-electron chi connectivity index (χ4n) is 0.689. The van der Waals surface area contributed by atoms with E-state index in [4.69, 9.17) is 10.00 Å². The Hall–Kier alpha value is -1.08. The number of carbonyl (C=O) groups is 1. The summed E-state index contributed by atoms with van der Waals surface area (Å²) in [6.07, 6.45) is -0.898. The summed E-state index contributed by atoms with van der Waals surface area (Å²) in [5.41, 5.74) is -0.593. The Morgan fingerprint density at radius 3 is 2.54 bits per heavy atom. The van der Waals surface area contributed by atoms with Gasteiger partial charge >= 0.3 is 5.97 Å². The highest BCUT2D eigenvalue weighted by Gasteiger charge is 2.22. The van der Waals surface area contributed by atoms with Gasteiger partial charge in [-0.05, 0) is 27.2 Å². The van der Waals surface area contributed by atoms with Crippen LogP contribution >= 0.6 is 0 Å². The number of ether oxygens (including phenoxy) is 1. The monoisotopic (exact) mass is 185 g/mol. The predicted molar refractivity (Wildman–Crippen MR) is 46.7 cm³/mol. The Balaban J connectivity index is 3.91. The van der Waals surface area contributed by atoms with Gasteiger partial charge in [0.25, 0.3) is 0 Å². The molecule has 0 aromatic rings. The fraction of sp³-hybridized carbons (Fsp3) is 0.778. The Morgan fingerprint density at radius 2 is 2.15 bits per heavy atom. The van der Waals surface area contributed by atoms with Gasteiger partial charge in [0, 0.05) is 6.42 Å². The van der Waals surface area contributed by atoms with E-state index in [2.05, 4.69) is 0 Å². The molecule has 0 aromatic carbocycles. The lowest BCUT2D eigenvalue weighted by atomic mass is 10.1. The van der Waals surface area contributed by atoms with Crippen molar-refractivity contribution in [3.63, 3.8) is 0 Å². The Kier molecular flexibility index (Phi) is 4.43. The van der Waals surface area contributed by atoms with Crippen molar-refractivity contribution < 1.29 is 14.6 Å². The molecule has 0 radical (unpaired) electrons. The molecule has 0 aliphatic heterocycles. The standard InChI is InChI=1S/C9H15NO3/c1-9(2,3)13-8(12)7(11)5-4-6-10/h7,11H,4-5H2,1-3H3/t7-/m1/s1. The molecule has 0 saturated carbocycles. The molecule has 0 rings (SSSR count). The van der Waals surface area contributed by atoms with Gasteiger partial charge in [0.2, 0.25) is 0 Å². The van der Waals surface area contributed by atoms with Crippen LogP contribution in [-0.4, -0.2) is 22.8 Å². The zero-order valence-electron chi connectivity index (χ0n) is 8.20. The Labute approximate surface area is 78.1 Å². The van der Waals surface area contributed by atoms with Crippen LogP contribution in [-0.2, 0) is 9.53 Å². The predicted octanol–water partition coefficient (Wildman–Crippen LogP) is 0.993.